The van der Waals surface area contributed by atoms with E-state index in [4.69, 9.17) is 21.1 Å². The Morgan fingerprint density at radius 1 is 1.17 bits per heavy atom. The van der Waals surface area contributed by atoms with Crippen molar-refractivity contribution >= 4 is 23.2 Å². The van der Waals surface area contributed by atoms with Crippen LogP contribution in [0.2, 0.25) is 5.02 Å². The van der Waals surface area contributed by atoms with Crippen LogP contribution in [0.5, 0.6) is 11.5 Å². The lowest BCUT2D eigenvalue weighted by Gasteiger charge is -2.11. The fraction of sp³-hybridized carbons (Fsp3) is 0.278. The summed E-state index contributed by atoms with van der Waals surface area (Å²) >= 11 is 5.89. The Balaban J connectivity index is 1.87. The highest BCUT2D eigenvalue weighted by atomic mass is 35.5. The van der Waals surface area contributed by atoms with Crippen molar-refractivity contribution in [2.75, 3.05) is 11.9 Å². The van der Waals surface area contributed by atoms with Gasteiger partial charge in [-0.05, 0) is 68.8 Å². The van der Waals surface area contributed by atoms with E-state index in [1.807, 2.05) is 32.9 Å². The first-order valence-corrected chi connectivity index (χ1v) is 7.77. The second-order valence-corrected chi connectivity index (χ2v) is 5.87. The number of halogens is 1. The number of anilines is 1. The molecule has 5 heteroatoms. The summed E-state index contributed by atoms with van der Waals surface area (Å²) in [4.78, 5) is 11.9. The van der Waals surface area contributed by atoms with Gasteiger partial charge in [-0.25, -0.2) is 0 Å². The van der Waals surface area contributed by atoms with Crippen molar-refractivity contribution in [3.63, 3.8) is 0 Å². The number of hydrogen-bond donors (Lipinski definition) is 1. The number of ether oxygens (including phenoxy) is 2. The van der Waals surface area contributed by atoms with Crippen LogP contribution < -0.4 is 14.8 Å². The van der Waals surface area contributed by atoms with E-state index in [-0.39, 0.29) is 18.6 Å². The number of amides is 1. The highest BCUT2D eigenvalue weighted by Gasteiger charge is 2.06. The van der Waals surface area contributed by atoms with E-state index in [1.54, 1.807) is 30.3 Å². The summed E-state index contributed by atoms with van der Waals surface area (Å²) in [5, 5.41) is 3.42. The van der Waals surface area contributed by atoms with Crippen LogP contribution in [0, 0.1) is 6.92 Å². The van der Waals surface area contributed by atoms with Crippen molar-refractivity contribution in [3.8, 4) is 11.5 Å². The molecule has 0 fully saturated rings. The van der Waals surface area contributed by atoms with E-state index in [9.17, 15) is 4.79 Å². The Labute approximate surface area is 141 Å². The molecule has 0 heterocycles. The zero-order chi connectivity index (χ0) is 16.8. The van der Waals surface area contributed by atoms with Gasteiger partial charge in [0.25, 0.3) is 5.91 Å². The average Bonchev–Trinajstić information content (AvgIpc) is 2.48. The first-order valence-electron chi connectivity index (χ1n) is 7.39. The number of rotatable bonds is 6. The van der Waals surface area contributed by atoms with Crippen LogP contribution in [0.3, 0.4) is 0 Å². The van der Waals surface area contributed by atoms with Gasteiger partial charge in [0, 0.05) is 10.7 Å². The van der Waals surface area contributed by atoms with Crippen LogP contribution in [0.25, 0.3) is 0 Å². The number of hydrogen-bond acceptors (Lipinski definition) is 3. The molecule has 0 aliphatic carbocycles. The number of carbonyl (C=O) groups is 1. The molecule has 4 nitrogen and oxygen atoms in total. The third kappa shape index (κ3) is 5.49. The minimum atomic E-state index is -0.225. The lowest BCUT2D eigenvalue weighted by molar-refractivity contribution is -0.118. The summed E-state index contributed by atoms with van der Waals surface area (Å²) in [5.41, 5.74) is 1.59. The van der Waals surface area contributed by atoms with Crippen molar-refractivity contribution in [1.82, 2.24) is 0 Å². The fourth-order valence-corrected chi connectivity index (χ4v) is 2.23. The summed E-state index contributed by atoms with van der Waals surface area (Å²) in [6, 6.07) is 12.5. The minimum absolute atomic E-state index is 0.0628. The average molecular weight is 334 g/mol. The molecule has 0 aliphatic rings. The second kappa shape index (κ2) is 7.88. The second-order valence-electron chi connectivity index (χ2n) is 5.44. The third-order valence-electron chi connectivity index (χ3n) is 3.01. The lowest BCUT2D eigenvalue weighted by atomic mass is 10.2. The van der Waals surface area contributed by atoms with Gasteiger partial charge < -0.3 is 14.8 Å². The summed E-state index contributed by atoms with van der Waals surface area (Å²) in [6.45, 7) is 5.75. The van der Waals surface area contributed by atoms with Gasteiger partial charge in [0.1, 0.15) is 11.5 Å². The van der Waals surface area contributed by atoms with Crippen LogP contribution in [-0.2, 0) is 4.79 Å². The van der Waals surface area contributed by atoms with Crippen LogP contribution in [0.1, 0.15) is 19.4 Å². The Kier molecular flexibility index (Phi) is 5.88. The Morgan fingerprint density at radius 3 is 2.48 bits per heavy atom. The molecule has 2 rings (SSSR count). The predicted octanol–water partition coefficient (Wildman–Crippen LogP) is 4.45. The monoisotopic (exact) mass is 333 g/mol. The SMILES string of the molecule is Cc1cc(Cl)ccc1OCC(=O)Nc1ccc(OC(C)C)cc1. The highest BCUT2D eigenvalue weighted by Crippen LogP contribution is 2.22. The fourth-order valence-electron chi connectivity index (χ4n) is 2.00. The standard InChI is InChI=1S/C18H20ClNO3/c1-12(2)23-16-7-5-15(6-8-16)20-18(21)11-22-17-9-4-14(19)10-13(17)3/h4-10,12H,11H2,1-3H3,(H,20,21). The first-order chi connectivity index (χ1) is 10.9. The van der Waals surface area contributed by atoms with Gasteiger partial charge >= 0.3 is 0 Å². The number of benzene rings is 2. The number of aryl methyl sites for hydroxylation is 1. The summed E-state index contributed by atoms with van der Waals surface area (Å²) in [5.74, 6) is 1.19. The predicted molar refractivity (Wildman–Crippen MR) is 92.5 cm³/mol. The molecule has 0 spiro atoms. The van der Waals surface area contributed by atoms with E-state index in [0.717, 1.165) is 11.3 Å². The van der Waals surface area contributed by atoms with Crippen molar-refractivity contribution in [3.05, 3.63) is 53.1 Å². The molecule has 0 aromatic heterocycles. The molecule has 2 aromatic rings. The molecule has 1 N–H and O–H groups in total. The number of nitrogens with one attached hydrogen (secondary N) is 1. The molecule has 1 amide bonds. The molecule has 0 aliphatic heterocycles. The Hall–Kier alpha value is -2.20. The smallest absolute Gasteiger partial charge is 0.262 e. The van der Waals surface area contributed by atoms with Crippen LogP contribution >= 0.6 is 11.6 Å². The van der Waals surface area contributed by atoms with Gasteiger partial charge in [-0.15, -0.1) is 0 Å². The van der Waals surface area contributed by atoms with Gasteiger partial charge in [-0.3, -0.25) is 4.79 Å². The quantitative estimate of drug-likeness (QED) is 0.849. The topological polar surface area (TPSA) is 47.6 Å². The van der Waals surface area contributed by atoms with E-state index >= 15 is 0 Å². The summed E-state index contributed by atoms with van der Waals surface area (Å²) in [7, 11) is 0. The maximum atomic E-state index is 11.9. The molecular formula is C18H20ClNO3. The summed E-state index contributed by atoms with van der Waals surface area (Å²) < 4.78 is 11.1. The van der Waals surface area contributed by atoms with E-state index in [2.05, 4.69) is 5.32 Å². The molecule has 122 valence electrons. The molecule has 0 bridgehead atoms. The van der Waals surface area contributed by atoms with Crippen molar-refractivity contribution in [2.45, 2.75) is 26.9 Å². The molecular weight excluding hydrogens is 314 g/mol. The third-order valence-corrected chi connectivity index (χ3v) is 3.24. The zero-order valence-corrected chi connectivity index (χ0v) is 14.2. The van der Waals surface area contributed by atoms with Gasteiger partial charge in [-0.2, -0.15) is 0 Å². The maximum absolute atomic E-state index is 11.9. The normalized spacial score (nSPS) is 10.5. The van der Waals surface area contributed by atoms with Gasteiger partial charge in [0.2, 0.25) is 0 Å². The summed E-state index contributed by atoms with van der Waals surface area (Å²) in [6.07, 6.45) is 0.117. The van der Waals surface area contributed by atoms with Crippen molar-refractivity contribution < 1.29 is 14.3 Å². The lowest BCUT2D eigenvalue weighted by Crippen LogP contribution is -2.20. The Bertz CT molecular complexity index is 668. The van der Waals surface area contributed by atoms with Gasteiger partial charge in [0.15, 0.2) is 6.61 Å². The minimum Gasteiger partial charge on any atom is -0.491 e. The maximum Gasteiger partial charge on any atom is 0.262 e. The first kappa shape index (κ1) is 17.2. The van der Waals surface area contributed by atoms with E-state index in [0.29, 0.717) is 16.5 Å². The molecule has 0 unspecified atom stereocenters. The van der Waals surface area contributed by atoms with Gasteiger partial charge in [0.05, 0.1) is 6.10 Å². The van der Waals surface area contributed by atoms with E-state index in [1.165, 1.54) is 0 Å². The van der Waals surface area contributed by atoms with Crippen LogP contribution in [-0.4, -0.2) is 18.6 Å². The molecule has 0 atom stereocenters. The molecule has 0 radical (unpaired) electrons. The highest BCUT2D eigenvalue weighted by molar-refractivity contribution is 6.30. The zero-order valence-electron chi connectivity index (χ0n) is 13.4. The molecule has 23 heavy (non-hydrogen) atoms. The van der Waals surface area contributed by atoms with Crippen LogP contribution in [0.4, 0.5) is 5.69 Å². The number of carbonyl (C=O) groups excluding carboxylic acids is 1. The largest absolute Gasteiger partial charge is 0.491 e. The molecule has 2 aromatic carbocycles. The van der Waals surface area contributed by atoms with E-state index < -0.39 is 0 Å². The molecule has 0 saturated heterocycles. The van der Waals surface area contributed by atoms with Gasteiger partial charge in [-0.1, -0.05) is 11.6 Å². The van der Waals surface area contributed by atoms with Crippen molar-refractivity contribution in [1.29, 1.82) is 0 Å². The van der Waals surface area contributed by atoms with Crippen molar-refractivity contribution in [2.24, 2.45) is 0 Å². The Morgan fingerprint density at radius 2 is 1.87 bits per heavy atom. The molecule has 0 saturated carbocycles. The van der Waals surface area contributed by atoms with Crippen LogP contribution in [0.15, 0.2) is 42.5 Å².